The molecule has 36 heavy (non-hydrogen) atoms. The van der Waals surface area contributed by atoms with Crippen molar-refractivity contribution in [1.29, 1.82) is 0 Å². The lowest BCUT2D eigenvalue weighted by molar-refractivity contribution is -0.138. The minimum atomic E-state index is -4.68. The van der Waals surface area contributed by atoms with Gasteiger partial charge in [-0.1, -0.05) is 13.3 Å². The van der Waals surface area contributed by atoms with Gasteiger partial charge in [0.05, 0.1) is 18.8 Å². The fraction of sp³-hybridized carbons (Fsp3) is 0.308. The van der Waals surface area contributed by atoms with Gasteiger partial charge in [-0.15, -0.1) is 0 Å². The first kappa shape index (κ1) is 25.2. The topological polar surface area (TPSA) is 90.9 Å². The molecule has 0 saturated heterocycles. The average Bonchev–Trinajstić information content (AvgIpc) is 3.20. The van der Waals surface area contributed by atoms with Crippen LogP contribution >= 0.6 is 0 Å². The Morgan fingerprint density at radius 3 is 2.58 bits per heavy atom. The summed E-state index contributed by atoms with van der Waals surface area (Å²) in [5.74, 6) is 0.0617. The van der Waals surface area contributed by atoms with Gasteiger partial charge in [0, 0.05) is 40.5 Å². The number of benzene rings is 2. The second kappa shape index (κ2) is 10.3. The first-order valence-corrected chi connectivity index (χ1v) is 11.4. The van der Waals surface area contributed by atoms with Crippen molar-refractivity contribution in [3.63, 3.8) is 0 Å². The Labute approximate surface area is 203 Å². The van der Waals surface area contributed by atoms with Gasteiger partial charge in [-0.25, -0.2) is 4.79 Å². The van der Waals surface area contributed by atoms with Gasteiger partial charge >= 0.3 is 17.8 Å². The van der Waals surface area contributed by atoms with E-state index in [1.807, 2.05) is 19.1 Å². The van der Waals surface area contributed by atoms with Crippen LogP contribution in [0.15, 0.2) is 57.9 Å². The molecule has 2 heterocycles. The van der Waals surface area contributed by atoms with Crippen molar-refractivity contribution in [1.82, 2.24) is 4.57 Å². The van der Waals surface area contributed by atoms with Crippen LogP contribution in [0.2, 0.25) is 0 Å². The molecule has 0 aliphatic heterocycles. The zero-order valence-electron chi connectivity index (χ0n) is 19.4. The maximum absolute atomic E-state index is 13.4. The molecule has 4 aromatic rings. The summed E-state index contributed by atoms with van der Waals surface area (Å²) in [7, 11) is 0. The third-order valence-corrected chi connectivity index (χ3v) is 5.64. The molecule has 1 N–H and O–H groups in total. The lowest BCUT2D eigenvalue weighted by atomic mass is 10.0. The van der Waals surface area contributed by atoms with Crippen LogP contribution in [0.5, 0.6) is 11.5 Å². The quantitative estimate of drug-likeness (QED) is 0.222. The summed E-state index contributed by atoms with van der Waals surface area (Å²) >= 11 is 0. The minimum Gasteiger partial charge on any atom is -0.493 e. The Hall–Kier alpha value is -3.95. The number of carboxylic acids is 1. The van der Waals surface area contributed by atoms with Crippen molar-refractivity contribution >= 4 is 27.8 Å². The van der Waals surface area contributed by atoms with Gasteiger partial charge in [-0.3, -0.25) is 4.79 Å². The van der Waals surface area contributed by atoms with Crippen molar-refractivity contribution in [2.75, 3.05) is 13.2 Å². The van der Waals surface area contributed by atoms with Crippen molar-refractivity contribution < 1.29 is 37.0 Å². The molecule has 0 aliphatic rings. The second-order valence-corrected chi connectivity index (χ2v) is 8.25. The third-order valence-electron chi connectivity index (χ3n) is 5.64. The second-order valence-electron chi connectivity index (χ2n) is 8.25. The summed E-state index contributed by atoms with van der Waals surface area (Å²) in [6.07, 6.45) is -1.48. The van der Waals surface area contributed by atoms with E-state index in [1.165, 1.54) is 12.1 Å². The van der Waals surface area contributed by atoms with Crippen LogP contribution in [-0.2, 0) is 23.9 Å². The number of aliphatic carboxylic acids is 1. The number of fused-ring (bicyclic) bond motifs is 2. The maximum Gasteiger partial charge on any atom is 0.417 e. The van der Waals surface area contributed by atoms with E-state index in [9.17, 15) is 22.8 Å². The smallest absolute Gasteiger partial charge is 0.417 e. The first-order chi connectivity index (χ1) is 17.2. The Bertz CT molecular complexity index is 1450. The van der Waals surface area contributed by atoms with E-state index in [0.29, 0.717) is 49.0 Å². The zero-order chi connectivity index (χ0) is 25.9. The maximum atomic E-state index is 13.4. The normalized spacial score (nSPS) is 11.8. The van der Waals surface area contributed by atoms with Crippen LogP contribution in [0.3, 0.4) is 0 Å². The summed E-state index contributed by atoms with van der Waals surface area (Å²) in [5.41, 5.74) is -0.980. The highest BCUT2D eigenvalue weighted by atomic mass is 19.4. The SMILES string of the molecule is CCCc1c(OCCCOc2ccc3c(ccn3CC(=O)O)c2)ccc2c(C(F)(F)F)cc(=O)oc12. The van der Waals surface area contributed by atoms with Crippen molar-refractivity contribution in [2.24, 2.45) is 0 Å². The predicted molar refractivity (Wildman–Crippen MR) is 127 cm³/mol. The molecule has 0 aliphatic carbocycles. The number of rotatable bonds is 10. The highest BCUT2D eigenvalue weighted by molar-refractivity contribution is 5.86. The molecular formula is C26H24F3NO6. The molecule has 0 amide bonds. The molecule has 2 aromatic heterocycles. The highest BCUT2D eigenvalue weighted by Crippen LogP contribution is 2.37. The Balaban J connectivity index is 1.42. The average molecular weight is 503 g/mol. The van der Waals surface area contributed by atoms with E-state index in [2.05, 4.69) is 0 Å². The number of hydrogen-bond acceptors (Lipinski definition) is 5. The summed E-state index contributed by atoms with van der Waals surface area (Å²) in [5, 5.41) is 9.66. The van der Waals surface area contributed by atoms with Crippen molar-refractivity contribution in [3.05, 3.63) is 70.2 Å². The number of carboxylic acid groups (broad SMARTS) is 1. The fourth-order valence-electron chi connectivity index (χ4n) is 4.10. The number of alkyl halides is 3. The third kappa shape index (κ3) is 5.48. The molecule has 4 rings (SSSR count). The van der Waals surface area contributed by atoms with Crippen LogP contribution in [0, 0.1) is 0 Å². The highest BCUT2D eigenvalue weighted by Gasteiger charge is 2.34. The van der Waals surface area contributed by atoms with Gasteiger partial charge in [0.1, 0.15) is 23.6 Å². The molecule has 0 atom stereocenters. The first-order valence-electron chi connectivity index (χ1n) is 11.4. The molecule has 190 valence electrons. The monoisotopic (exact) mass is 503 g/mol. The number of aromatic nitrogens is 1. The lowest BCUT2D eigenvalue weighted by Gasteiger charge is -2.15. The molecule has 2 aromatic carbocycles. The summed E-state index contributed by atoms with van der Waals surface area (Å²) < 4.78 is 58.7. The van der Waals surface area contributed by atoms with Crippen molar-refractivity contribution in [2.45, 2.75) is 38.9 Å². The van der Waals surface area contributed by atoms with Gasteiger partial charge in [-0.2, -0.15) is 13.2 Å². The Morgan fingerprint density at radius 1 is 1.08 bits per heavy atom. The van der Waals surface area contributed by atoms with E-state index in [1.54, 1.807) is 22.9 Å². The van der Waals surface area contributed by atoms with Crippen LogP contribution in [0.4, 0.5) is 13.2 Å². The van der Waals surface area contributed by atoms with E-state index in [-0.39, 0.29) is 24.1 Å². The summed E-state index contributed by atoms with van der Waals surface area (Å²) in [4.78, 5) is 22.8. The molecule has 0 fully saturated rings. The van der Waals surface area contributed by atoms with Crippen LogP contribution in [-0.4, -0.2) is 28.9 Å². The standard InChI is InChI=1S/C26H24F3NO6/c1-2-4-19-22(8-6-18-20(26(27,28)29)14-24(33)36-25(18)19)35-12-3-11-34-17-5-7-21-16(13-17)9-10-30(21)15-23(31)32/h5-10,13-14H,2-4,11-12,15H2,1H3,(H,31,32). The van der Waals surface area contributed by atoms with E-state index in [4.69, 9.17) is 19.0 Å². The number of halogens is 3. The van der Waals surface area contributed by atoms with Gasteiger partial charge in [-0.05, 0) is 42.8 Å². The van der Waals surface area contributed by atoms with Crippen LogP contribution in [0.1, 0.15) is 30.9 Å². The number of carbonyl (C=O) groups is 1. The number of aryl methyl sites for hydroxylation is 1. The lowest BCUT2D eigenvalue weighted by Crippen LogP contribution is -2.12. The van der Waals surface area contributed by atoms with E-state index in [0.717, 1.165) is 10.9 Å². The van der Waals surface area contributed by atoms with Gasteiger partial charge in [0.2, 0.25) is 0 Å². The molecule has 10 heteroatoms. The van der Waals surface area contributed by atoms with Gasteiger partial charge in [0.15, 0.2) is 0 Å². The van der Waals surface area contributed by atoms with E-state index < -0.39 is 23.3 Å². The molecule has 0 spiro atoms. The fourth-order valence-corrected chi connectivity index (χ4v) is 4.10. The molecule has 0 unspecified atom stereocenters. The summed E-state index contributed by atoms with van der Waals surface area (Å²) in [6.45, 7) is 2.31. The van der Waals surface area contributed by atoms with Crippen LogP contribution < -0.4 is 15.1 Å². The van der Waals surface area contributed by atoms with E-state index >= 15 is 0 Å². The Kier molecular flexibility index (Phi) is 7.23. The largest absolute Gasteiger partial charge is 0.493 e. The van der Waals surface area contributed by atoms with Crippen LogP contribution in [0.25, 0.3) is 21.9 Å². The number of ether oxygens (including phenoxy) is 2. The molecule has 0 radical (unpaired) electrons. The minimum absolute atomic E-state index is 0.103. The predicted octanol–water partition coefficient (Wildman–Crippen LogP) is 5.65. The number of hydrogen-bond donors (Lipinski definition) is 1. The Morgan fingerprint density at radius 2 is 1.86 bits per heavy atom. The zero-order valence-corrected chi connectivity index (χ0v) is 19.4. The summed E-state index contributed by atoms with van der Waals surface area (Å²) in [6, 6.07) is 10.4. The van der Waals surface area contributed by atoms with Gasteiger partial charge in [0.25, 0.3) is 0 Å². The molecule has 7 nitrogen and oxygen atoms in total. The van der Waals surface area contributed by atoms with Gasteiger partial charge < -0.3 is 23.6 Å². The number of nitrogens with zero attached hydrogens (tertiary/aromatic N) is 1. The molecular weight excluding hydrogens is 479 g/mol. The van der Waals surface area contributed by atoms with Crippen molar-refractivity contribution in [3.8, 4) is 11.5 Å². The molecule has 0 saturated carbocycles. The molecule has 0 bridgehead atoms.